The second kappa shape index (κ2) is 8.03. The number of rotatable bonds is 9. The first kappa shape index (κ1) is 15.9. The van der Waals surface area contributed by atoms with E-state index in [4.69, 9.17) is 4.55 Å². The molecule has 0 amide bonds. The van der Waals surface area contributed by atoms with Crippen LogP contribution in [0.15, 0.2) is 0 Å². The summed E-state index contributed by atoms with van der Waals surface area (Å²) in [5, 5.41) is 8.61. The van der Waals surface area contributed by atoms with Crippen LogP contribution in [0.5, 0.6) is 0 Å². The molecular formula is C11H24O4S. The van der Waals surface area contributed by atoms with Gasteiger partial charge in [-0.05, 0) is 19.3 Å². The Bertz CT molecular complexity index is 261. The zero-order valence-electron chi connectivity index (χ0n) is 10.2. The average Bonchev–Trinajstić information content (AvgIpc) is 2.20. The van der Waals surface area contributed by atoms with Crippen LogP contribution in [0.4, 0.5) is 0 Å². The maximum Gasteiger partial charge on any atom is 0.267 e. The zero-order valence-corrected chi connectivity index (χ0v) is 11.0. The third kappa shape index (κ3) is 7.19. The molecule has 0 fully saturated rings. The predicted molar refractivity (Wildman–Crippen MR) is 65.0 cm³/mol. The van der Waals surface area contributed by atoms with Gasteiger partial charge < -0.3 is 5.11 Å². The van der Waals surface area contributed by atoms with E-state index in [9.17, 15) is 13.5 Å². The zero-order chi connectivity index (χ0) is 12.6. The summed E-state index contributed by atoms with van der Waals surface area (Å²) in [5.41, 5.74) is 0. The second-order valence-electron chi connectivity index (χ2n) is 4.28. The third-order valence-electron chi connectivity index (χ3n) is 2.81. The summed E-state index contributed by atoms with van der Waals surface area (Å²) in [6.07, 6.45) is 4.39. The fourth-order valence-electron chi connectivity index (χ4n) is 1.66. The monoisotopic (exact) mass is 252 g/mol. The van der Waals surface area contributed by atoms with Crippen molar-refractivity contribution in [3.05, 3.63) is 0 Å². The fraction of sp³-hybridized carbons (Fsp3) is 1.00. The molecule has 0 rings (SSSR count). The Morgan fingerprint density at radius 2 is 1.75 bits per heavy atom. The van der Waals surface area contributed by atoms with Gasteiger partial charge in [-0.1, -0.05) is 39.5 Å². The summed E-state index contributed by atoms with van der Waals surface area (Å²) >= 11 is 0. The molecule has 2 atom stereocenters. The highest BCUT2D eigenvalue weighted by Crippen LogP contribution is 2.17. The molecule has 2 unspecified atom stereocenters. The molecule has 0 aliphatic heterocycles. The molecule has 0 aromatic rings. The van der Waals surface area contributed by atoms with Crippen LogP contribution in [0.3, 0.4) is 0 Å². The highest BCUT2D eigenvalue weighted by molar-refractivity contribution is 7.86. The third-order valence-corrected chi connectivity index (χ3v) is 4.08. The van der Waals surface area contributed by atoms with Gasteiger partial charge in [0, 0.05) is 0 Å². The van der Waals surface area contributed by atoms with Crippen molar-refractivity contribution >= 4 is 10.1 Å². The van der Waals surface area contributed by atoms with E-state index in [-0.39, 0.29) is 6.42 Å². The minimum atomic E-state index is -4.02. The molecule has 98 valence electrons. The summed E-state index contributed by atoms with van der Waals surface area (Å²) in [6, 6.07) is 0. The summed E-state index contributed by atoms with van der Waals surface area (Å²) < 4.78 is 31.2. The molecule has 0 bridgehead atoms. The Labute approximate surface area is 98.8 Å². The predicted octanol–water partition coefficient (Wildman–Crippen LogP) is 2.37. The minimum absolute atomic E-state index is 0.140. The molecule has 0 spiro atoms. The normalized spacial score (nSPS) is 16.0. The Morgan fingerprint density at radius 1 is 1.12 bits per heavy atom. The first-order valence-electron chi connectivity index (χ1n) is 6.06. The Balaban J connectivity index is 4.13. The highest BCUT2D eigenvalue weighted by atomic mass is 32.2. The van der Waals surface area contributed by atoms with E-state index in [1.54, 1.807) is 6.92 Å². The van der Waals surface area contributed by atoms with E-state index in [1.807, 2.05) is 0 Å². The van der Waals surface area contributed by atoms with Crippen molar-refractivity contribution in [2.75, 3.05) is 0 Å². The van der Waals surface area contributed by atoms with Gasteiger partial charge in [-0.25, -0.2) is 0 Å². The molecule has 0 heterocycles. The van der Waals surface area contributed by atoms with Crippen LogP contribution in [0.1, 0.15) is 58.8 Å². The molecule has 5 heteroatoms. The van der Waals surface area contributed by atoms with Gasteiger partial charge in [-0.15, -0.1) is 0 Å². The molecule has 0 aromatic heterocycles. The van der Waals surface area contributed by atoms with Crippen molar-refractivity contribution < 1.29 is 18.1 Å². The number of aliphatic hydroxyl groups is 1. The van der Waals surface area contributed by atoms with E-state index in [1.165, 1.54) is 0 Å². The van der Waals surface area contributed by atoms with Crippen LogP contribution in [0.25, 0.3) is 0 Å². The van der Waals surface area contributed by atoms with E-state index < -0.39 is 21.5 Å². The van der Waals surface area contributed by atoms with Gasteiger partial charge in [-0.3, -0.25) is 4.55 Å². The number of unbranched alkanes of at least 4 members (excludes halogenated alkanes) is 3. The number of hydrogen-bond donors (Lipinski definition) is 2. The fourth-order valence-corrected chi connectivity index (χ4v) is 2.59. The summed E-state index contributed by atoms with van der Waals surface area (Å²) in [7, 11) is -4.02. The minimum Gasteiger partial charge on any atom is -0.393 e. The molecule has 0 radical (unpaired) electrons. The van der Waals surface area contributed by atoms with Crippen LogP contribution in [0, 0.1) is 0 Å². The van der Waals surface area contributed by atoms with Gasteiger partial charge in [0.25, 0.3) is 10.1 Å². The first-order valence-corrected chi connectivity index (χ1v) is 7.56. The molecule has 16 heavy (non-hydrogen) atoms. The average molecular weight is 252 g/mol. The molecular weight excluding hydrogens is 228 g/mol. The van der Waals surface area contributed by atoms with Gasteiger partial charge in [0.2, 0.25) is 0 Å². The van der Waals surface area contributed by atoms with Gasteiger partial charge in [0.1, 0.15) is 0 Å². The lowest BCUT2D eigenvalue weighted by atomic mass is 10.1. The molecule has 0 aromatic carbocycles. The van der Waals surface area contributed by atoms with Crippen molar-refractivity contribution in [3.8, 4) is 0 Å². The SMILES string of the molecule is CCCCCCC(CC(O)CC)S(=O)(=O)O. The van der Waals surface area contributed by atoms with Crippen LogP contribution >= 0.6 is 0 Å². The Morgan fingerprint density at radius 3 is 2.19 bits per heavy atom. The smallest absolute Gasteiger partial charge is 0.267 e. The summed E-state index contributed by atoms with van der Waals surface area (Å²) in [5.74, 6) is 0. The number of aliphatic hydroxyl groups excluding tert-OH is 1. The van der Waals surface area contributed by atoms with Crippen molar-refractivity contribution in [1.82, 2.24) is 0 Å². The van der Waals surface area contributed by atoms with Gasteiger partial charge in [0.05, 0.1) is 11.4 Å². The molecule has 4 nitrogen and oxygen atoms in total. The molecule has 0 saturated heterocycles. The quantitative estimate of drug-likeness (QED) is 0.488. The summed E-state index contributed by atoms with van der Waals surface area (Å²) in [4.78, 5) is 0. The van der Waals surface area contributed by atoms with E-state index in [0.29, 0.717) is 12.8 Å². The Hall–Kier alpha value is -0.130. The van der Waals surface area contributed by atoms with Gasteiger partial charge in [-0.2, -0.15) is 8.42 Å². The molecule has 0 aliphatic carbocycles. The van der Waals surface area contributed by atoms with Gasteiger partial charge in [0.15, 0.2) is 0 Å². The first-order chi connectivity index (χ1) is 7.41. The maximum absolute atomic E-state index is 11.1. The molecule has 0 aliphatic rings. The van der Waals surface area contributed by atoms with Crippen LogP contribution in [-0.2, 0) is 10.1 Å². The van der Waals surface area contributed by atoms with E-state index >= 15 is 0 Å². The van der Waals surface area contributed by atoms with Crippen molar-refractivity contribution in [1.29, 1.82) is 0 Å². The van der Waals surface area contributed by atoms with E-state index in [2.05, 4.69) is 6.92 Å². The largest absolute Gasteiger partial charge is 0.393 e. The number of hydrogen-bond acceptors (Lipinski definition) is 3. The standard InChI is InChI=1S/C11H24O4S/c1-3-5-6-7-8-11(16(13,14)15)9-10(12)4-2/h10-12H,3-9H2,1-2H3,(H,13,14,15). The van der Waals surface area contributed by atoms with Crippen LogP contribution < -0.4 is 0 Å². The lowest BCUT2D eigenvalue weighted by Crippen LogP contribution is -2.25. The lowest BCUT2D eigenvalue weighted by Gasteiger charge is -2.16. The molecule has 0 saturated carbocycles. The van der Waals surface area contributed by atoms with E-state index in [0.717, 1.165) is 25.7 Å². The topological polar surface area (TPSA) is 74.6 Å². The van der Waals surface area contributed by atoms with Gasteiger partial charge >= 0.3 is 0 Å². The van der Waals surface area contributed by atoms with Crippen molar-refractivity contribution in [2.45, 2.75) is 70.1 Å². The summed E-state index contributed by atoms with van der Waals surface area (Å²) in [6.45, 7) is 3.88. The lowest BCUT2D eigenvalue weighted by molar-refractivity contribution is 0.156. The van der Waals surface area contributed by atoms with Crippen LogP contribution in [-0.4, -0.2) is 29.4 Å². The maximum atomic E-state index is 11.1. The van der Waals surface area contributed by atoms with Crippen LogP contribution in [0.2, 0.25) is 0 Å². The van der Waals surface area contributed by atoms with Crippen molar-refractivity contribution in [3.63, 3.8) is 0 Å². The van der Waals surface area contributed by atoms with Crippen molar-refractivity contribution in [2.24, 2.45) is 0 Å². The Kier molecular flexibility index (Phi) is 7.97. The molecule has 2 N–H and O–H groups in total. The highest BCUT2D eigenvalue weighted by Gasteiger charge is 2.24. The second-order valence-corrected chi connectivity index (χ2v) is 5.98.